The zero-order valence-electron chi connectivity index (χ0n) is 10.2. The van der Waals surface area contributed by atoms with Crippen molar-refractivity contribution in [2.75, 3.05) is 0 Å². The summed E-state index contributed by atoms with van der Waals surface area (Å²) in [5.41, 5.74) is 2.34. The zero-order chi connectivity index (χ0) is 13.0. The number of benzene rings is 1. The number of oxazole rings is 1. The molecule has 0 bridgehead atoms. The first-order chi connectivity index (χ1) is 8.63. The predicted molar refractivity (Wildman–Crippen MR) is 66.4 cm³/mol. The number of hydrogen-bond donors (Lipinski definition) is 1. The van der Waals surface area contributed by atoms with Crippen molar-refractivity contribution in [1.29, 1.82) is 0 Å². The van der Waals surface area contributed by atoms with E-state index in [1.54, 1.807) is 6.20 Å². The quantitative estimate of drug-likeness (QED) is 0.879. The fourth-order valence-electron chi connectivity index (χ4n) is 1.77. The minimum atomic E-state index is -0.827. The van der Waals surface area contributed by atoms with E-state index in [-0.39, 0.29) is 6.42 Å². The molecule has 4 nitrogen and oxygen atoms in total. The van der Waals surface area contributed by atoms with Crippen molar-refractivity contribution in [1.82, 2.24) is 4.98 Å². The number of carboxylic acids is 1. The van der Waals surface area contributed by atoms with Gasteiger partial charge in [0.2, 0.25) is 0 Å². The Labute approximate surface area is 105 Å². The fraction of sp³-hybridized carbons (Fsp3) is 0.286. The van der Waals surface area contributed by atoms with Crippen molar-refractivity contribution in [3.63, 3.8) is 0 Å². The third kappa shape index (κ3) is 3.45. The van der Waals surface area contributed by atoms with Gasteiger partial charge in [0.05, 0.1) is 12.6 Å². The number of aromatic nitrogens is 1. The van der Waals surface area contributed by atoms with Gasteiger partial charge in [-0.1, -0.05) is 29.8 Å². The maximum Gasteiger partial charge on any atom is 0.303 e. The van der Waals surface area contributed by atoms with Gasteiger partial charge >= 0.3 is 5.97 Å². The molecule has 0 aliphatic heterocycles. The number of rotatable bonds is 5. The van der Waals surface area contributed by atoms with Gasteiger partial charge in [-0.2, -0.15) is 0 Å². The van der Waals surface area contributed by atoms with Crippen LogP contribution in [-0.4, -0.2) is 16.1 Å². The third-order valence-corrected chi connectivity index (χ3v) is 2.62. The van der Waals surface area contributed by atoms with Crippen molar-refractivity contribution in [2.45, 2.75) is 26.2 Å². The number of aryl methyl sites for hydroxylation is 2. The van der Waals surface area contributed by atoms with E-state index in [1.807, 2.05) is 25.1 Å². The summed E-state index contributed by atoms with van der Waals surface area (Å²) in [5.74, 6) is 0.424. The Morgan fingerprint density at radius 2 is 2.28 bits per heavy atom. The Morgan fingerprint density at radius 3 is 3.00 bits per heavy atom. The van der Waals surface area contributed by atoms with Crippen LogP contribution in [0.15, 0.2) is 34.9 Å². The molecule has 0 saturated carbocycles. The Morgan fingerprint density at radius 1 is 1.44 bits per heavy atom. The van der Waals surface area contributed by atoms with Crippen LogP contribution in [0.1, 0.15) is 29.2 Å². The topological polar surface area (TPSA) is 63.3 Å². The molecule has 4 heteroatoms. The highest BCUT2D eigenvalue weighted by molar-refractivity contribution is 5.66. The number of nitrogens with zero attached hydrogens (tertiary/aromatic N) is 1. The van der Waals surface area contributed by atoms with Gasteiger partial charge in [0.15, 0.2) is 5.89 Å². The molecule has 0 amide bonds. The summed E-state index contributed by atoms with van der Waals surface area (Å²) in [6.07, 6.45) is 2.69. The van der Waals surface area contributed by atoms with Crippen LogP contribution < -0.4 is 0 Å². The molecule has 0 aliphatic carbocycles. The van der Waals surface area contributed by atoms with Crippen molar-refractivity contribution in [3.05, 3.63) is 53.2 Å². The van der Waals surface area contributed by atoms with Crippen LogP contribution in [0.3, 0.4) is 0 Å². The molecular formula is C14H15NO3. The molecule has 0 spiro atoms. The molecule has 1 N–H and O–H groups in total. The van der Waals surface area contributed by atoms with Crippen molar-refractivity contribution in [3.8, 4) is 0 Å². The second-order valence-corrected chi connectivity index (χ2v) is 4.28. The molecule has 0 unspecified atom stereocenters. The molecule has 1 aromatic carbocycles. The van der Waals surface area contributed by atoms with E-state index in [4.69, 9.17) is 9.52 Å². The monoisotopic (exact) mass is 245 g/mol. The fourth-order valence-corrected chi connectivity index (χ4v) is 1.77. The zero-order valence-corrected chi connectivity index (χ0v) is 10.2. The van der Waals surface area contributed by atoms with Gasteiger partial charge < -0.3 is 9.52 Å². The molecule has 2 rings (SSSR count). The first kappa shape index (κ1) is 12.4. The normalized spacial score (nSPS) is 10.5. The molecule has 94 valence electrons. The lowest BCUT2D eigenvalue weighted by atomic mass is 10.1. The van der Waals surface area contributed by atoms with E-state index in [9.17, 15) is 4.79 Å². The number of carboxylic acid groups (broad SMARTS) is 1. The van der Waals surface area contributed by atoms with E-state index in [2.05, 4.69) is 11.1 Å². The molecule has 0 fully saturated rings. The molecule has 0 atom stereocenters. The highest BCUT2D eigenvalue weighted by Crippen LogP contribution is 2.12. The van der Waals surface area contributed by atoms with E-state index >= 15 is 0 Å². The number of aliphatic carboxylic acids is 1. The van der Waals surface area contributed by atoms with Crippen molar-refractivity contribution >= 4 is 5.97 Å². The van der Waals surface area contributed by atoms with Crippen molar-refractivity contribution in [2.24, 2.45) is 0 Å². The molecule has 0 saturated heterocycles. The van der Waals surface area contributed by atoms with Crippen LogP contribution in [-0.2, 0) is 17.6 Å². The molecule has 0 radical (unpaired) electrons. The summed E-state index contributed by atoms with van der Waals surface area (Å²) in [7, 11) is 0. The maximum atomic E-state index is 10.4. The molecule has 2 aromatic rings. The maximum absolute atomic E-state index is 10.4. The summed E-state index contributed by atoms with van der Waals surface area (Å²) < 4.78 is 5.50. The average Bonchev–Trinajstić information content (AvgIpc) is 2.74. The Hall–Kier alpha value is -2.10. The Balaban J connectivity index is 2.00. The molecule has 1 aromatic heterocycles. The van der Waals surface area contributed by atoms with Crippen LogP contribution in [0.4, 0.5) is 0 Å². The van der Waals surface area contributed by atoms with Gasteiger partial charge in [0.1, 0.15) is 5.76 Å². The second-order valence-electron chi connectivity index (χ2n) is 4.28. The van der Waals surface area contributed by atoms with Crippen molar-refractivity contribution < 1.29 is 14.3 Å². The lowest BCUT2D eigenvalue weighted by molar-refractivity contribution is -0.137. The first-order valence-corrected chi connectivity index (χ1v) is 5.84. The summed E-state index contributed by atoms with van der Waals surface area (Å²) in [5, 5.41) is 8.59. The number of hydrogen-bond acceptors (Lipinski definition) is 3. The standard InChI is InChI=1S/C14H15NO3/c1-10-3-2-4-11(7-10)8-13-15-9-12(18-13)5-6-14(16)17/h2-4,7,9H,5-6,8H2,1H3,(H,16,17). The van der Waals surface area contributed by atoms with Crippen LogP contribution >= 0.6 is 0 Å². The van der Waals surface area contributed by atoms with Gasteiger partial charge in [-0.15, -0.1) is 0 Å². The third-order valence-electron chi connectivity index (χ3n) is 2.62. The van der Waals surface area contributed by atoms with E-state index in [0.29, 0.717) is 24.5 Å². The van der Waals surface area contributed by atoms with Gasteiger partial charge in [0.25, 0.3) is 0 Å². The van der Waals surface area contributed by atoms with Crippen LogP contribution in [0.25, 0.3) is 0 Å². The first-order valence-electron chi connectivity index (χ1n) is 5.84. The smallest absolute Gasteiger partial charge is 0.303 e. The highest BCUT2D eigenvalue weighted by atomic mass is 16.4. The van der Waals surface area contributed by atoms with E-state index in [1.165, 1.54) is 5.56 Å². The van der Waals surface area contributed by atoms with Crippen LogP contribution in [0.5, 0.6) is 0 Å². The summed E-state index contributed by atoms with van der Waals surface area (Å²) in [6, 6.07) is 8.14. The second kappa shape index (κ2) is 5.49. The minimum absolute atomic E-state index is 0.0685. The SMILES string of the molecule is Cc1cccc(Cc2ncc(CCC(=O)O)o2)c1. The largest absolute Gasteiger partial charge is 0.481 e. The van der Waals surface area contributed by atoms with E-state index in [0.717, 1.165) is 5.56 Å². The van der Waals surface area contributed by atoms with Gasteiger partial charge in [-0.25, -0.2) is 4.98 Å². The van der Waals surface area contributed by atoms with Gasteiger partial charge in [-0.05, 0) is 12.5 Å². The van der Waals surface area contributed by atoms with E-state index < -0.39 is 5.97 Å². The Kier molecular flexibility index (Phi) is 3.77. The lowest BCUT2D eigenvalue weighted by Gasteiger charge is -1.99. The molecule has 0 aliphatic rings. The van der Waals surface area contributed by atoms with Crippen LogP contribution in [0.2, 0.25) is 0 Å². The average molecular weight is 245 g/mol. The number of carbonyl (C=O) groups is 1. The van der Waals surface area contributed by atoms with Gasteiger partial charge in [-0.3, -0.25) is 4.79 Å². The minimum Gasteiger partial charge on any atom is -0.481 e. The summed E-state index contributed by atoms with van der Waals surface area (Å²) >= 11 is 0. The predicted octanol–water partition coefficient (Wildman–Crippen LogP) is 2.59. The van der Waals surface area contributed by atoms with Gasteiger partial charge in [0, 0.05) is 12.8 Å². The molecular weight excluding hydrogens is 230 g/mol. The molecule has 18 heavy (non-hydrogen) atoms. The molecule has 1 heterocycles. The summed E-state index contributed by atoms with van der Waals surface area (Å²) in [4.78, 5) is 14.6. The Bertz CT molecular complexity index is 545. The lowest BCUT2D eigenvalue weighted by Crippen LogP contribution is -1.96. The van der Waals surface area contributed by atoms with Crippen LogP contribution in [0, 0.1) is 6.92 Å². The highest BCUT2D eigenvalue weighted by Gasteiger charge is 2.07. The summed E-state index contributed by atoms with van der Waals surface area (Å²) in [6.45, 7) is 2.04.